The molecule has 24 heavy (non-hydrogen) atoms. The van der Waals surface area contributed by atoms with Crippen LogP contribution in [-0.4, -0.2) is 35.8 Å². The molecule has 1 N–H and O–H groups in total. The van der Waals surface area contributed by atoms with Crippen molar-refractivity contribution in [1.82, 2.24) is 9.88 Å². The van der Waals surface area contributed by atoms with Crippen LogP contribution in [0.4, 0.5) is 5.13 Å². The van der Waals surface area contributed by atoms with E-state index in [-0.39, 0.29) is 11.8 Å². The van der Waals surface area contributed by atoms with E-state index in [0.717, 1.165) is 11.3 Å². The van der Waals surface area contributed by atoms with Gasteiger partial charge in [-0.3, -0.25) is 14.9 Å². The van der Waals surface area contributed by atoms with Crippen molar-refractivity contribution in [3.63, 3.8) is 0 Å². The molecule has 0 fully saturated rings. The van der Waals surface area contributed by atoms with Crippen LogP contribution in [-0.2, 0) is 4.79 Å². The van der Waals surface area contributed by atoms with E-state index >= 15 is 0 Å². The summed E-state index contributed by atoms with van der Waals surface area (Å²) >= 11 is 13.0. The van der Waals surface area contributed by atoms with Crippen LogP contribution in [0.1, 0.15) is 20.9 Å². The summed E-state index contributed by atoms with van der Waals surface area (Å²) in [5, 5.41) is 3.99. The van der Waals surface area contributed by atoms with E-state index in [1.165, 1.54) is 11.0 Å². The molecule has 0 bridgehead atoms. The maximum absolute atomic E-state index is 12.0. The lowest BCUT2D eigenvalue weighted by atomic mass is 10.2. The number of aryl methyl sites for hydroxylation is 1. The molecule has 1 heterocycles. The Balaban J connectivity index is 2.09. The van der Waals surface area contributed by atoms with Crippen LogP contribution < -0.4 is 5.32 Å². The van der Waals surface area contributed by atoms with Crippen LogP contribution in [0.3, 0.4) is 0 Å². The molecule has 0 saturated heterocycles. The first-order valence-electron chi connectivity index (χ1n) is 6.91. The predicted molar refractivity (Wildman–Crippen MR) is 99.0 cm³/mol. The number of aromatic nitrogens is 1. The van der Waals surface area contributed by atoms with E-state index < -0.39 is 0 Å². The van der Waals surface area contributed by atoms with Gasteiger partial charge >= 0.3 is 0 Å². The highest BCUT2D eigenvalue weighted by atomic mass is 35.5. The number of nitrogens with one attached hydrogen (secondary N) is 1. The maximum atomic E-state index is 12.0. The first kappa shape index (κ1) is 18.4. The first-order valence-corrected chi connectivity index (χ1v) is 8.48. The van der Waals surface area contributed by atoms with Crippen LogP contribution in [0, 0.1) is 6.92 Å². The summed E-state index contributed by atoms with van der Waals surface area (Å²) in [6.07, 6.45) is 2.93. The molecule has 5 nitrogen and oxygen atoms in total. The zero-order valence-corrected chi connectivity index (χ0v) is 15.6. The number of carbonyl (C=O) groups is 2. The van der Waals surface area contributed by atoms with E-state index in [2.05, 4.69) is 10.3 Å². The van der Waals surface area contributed by atoms with Crippen molar-refractivity contribution < 1.29 is 9.59 Å². The van der Waals surface area contributed by atoms with E-state index in [0.29, 0.717) is 31.3 Å². The normalized spacial score (nSPS) is 10.9. The molecular formula is C16H15Cl2N3O2S. The molecule has 2 amide bonds. The van der Waals surface area contributed by atoms with Crippen molar-refractivity contribution in [3.05, 3.63) is 50.5 Å². The number of nitrogens with zero attached hydrogens (tertiary/aromatic N) is 2. The quantitative estimate of drug-likeness (QED) is 0.807. The van der Waals surface area contributed by atoms with Crippen molar-refractivity contribution in [2.75, 3.05) is 19.4 Å². The minimum atomic E-state index is -0.362. The number of carbonyl (C=O) groups excluding carboxylic acids is 2. The molecule has 0 atom stereocenters. The van der Waals surface area contributed by atoms with Gasteiger partial charge in [0.1, 0.15) is 4.88 Å². The molecule has 2 rings (SSSR count). The fraction of sp³-hybridized carbons (Fsp3) is 0.188. The summed E-state index contributed by atoms with van der Waals surface area (Å²) in [5.74, 6) is -0.507. The van der Waals surface area contributed by atoms with Crippen LogP contribution >= 0.6 is 34.5 Å². The second kappa shape index (κ2) is 7.79. The van der Waals surface area contributed by atoms with Gasteiger partial charge in [-0.2, -0.15) is 0 Å². The van der Waals surface area contributed by atoms with E-state index in [1.807, 2.05) is 0 Å². The summed E-state index contributed by atoms with van der Waals surface area (Å²) in [6, 6.07) is 5.01. The Labute approximate surface area is 153 Å². The number of hydrogen-bond acceptors (Lipinski definition) is 4. The third kappa shape index (κ3) is 4.56. The number of halogens is 2. The lowest BCUT2D eigenvalue weighted by Crippen LogP contribution is -2.21. The minimum Gasteiger partial charge on any atom is -0.344 e. The molecule has 1 aromatic heterocycles. The van der Waals surface area contributed by atoms with Crippen molar-refractivity contribution in [2.45, 2.75) is 6.92 Å². The molecule has 0 spiro atoms. The minimum absolute atomic E-state index is 0.144. The van der Waals surface area contributed by atoms with Gasteiger partial charge in [-0.25, -0.2) is 4.98 Å². The van der Waals surface area contributed by atoms with Gasteiger partial charge in [0.05, 0.1) is 5.69 Å². The molecule has 0 saturated carbocycles. The smallest absolute Gasteiger partial charge is 0.265 e. The summed E-state index contributed by atoms with van der Waals surface area (Å²) in [7, 11) is 3.33. The van der Waals surface area contributed by atoms with Gasteiger partial charge in [-0.1, -0.05) is 40.6 Å². The van der Waals surface area contributed by atoms with E-state index in [1.54, 1.807) is 45.3 Å². The third-order valence-corrected chi connectivity index (χ3v) is 4.63. The van der Waals surface area contributed by atoms with Crippen molar-refractivity contribution in [2.24, 2.45) is 0 Å². The fourth-order valence-electron chi connectivity index (χ4n) is 1.80. The number of thiazole rings is 1. The Morgan fingerprint density at radius 1 is 1.29 bits per heavy atom. The van der Waals surface area contributed by atoms with Gasteiger partial charge in [-0.15, -0.1) is 0 Å². The van der Waals surface area contributed by atoms with Gasteiger partial charge < -0.3 is 4.90 Å². The summed E-state index contributed by atoms with van der Waals surface area (Å²) < 4.78 is 0. The Hall–Kier alpha value is -1.89. The largest absolute Gasteiger partial charge is 0.344 e. The molecule has 1 aromatic carbocycles. The van der Waals surface area contributed by atoms with Gasteiger partial charge in [0.2, 0.25) is 5.91 Å². The zero-order valence-electron chi connectivity index (χ0n) is 13.3. The first-order chi connectivity index (χ1) is 11.3. The van der Waals surface area contributed by atoms with Gasteiger partial charge in [0, 0.05) is 30.2 Å². The van der Waals surface area contributed by atoms with E-state index in [4.69, 9.17) is 23.2 Å². The number of benzene rings is 1. The monoisotopic (exact) mass is 383 g/mol. The van der Waals surface area contributed by atoms with Gasteiger partial charge in [0.15, 0.2) is 5.13 Å². The molecule has 0 radical (unpaired) electrons. The fourth-order valence-corrected chi connectivity index (χ4v) is 3.26. The number of rotatable bonds is 4. The highest BCUT2D eigenvalue weighted by molar-refractivity contribution is 7.17. The lowest BCUT2D eigenvalue weighted by molar-refractivity contribution is -0.111. The van der Waals surface area contributed by atoms with Gasteiger partial charge in [0.25, 0.3) is 5.91 Å². The summed E-state index contributed by atoms with van der Waals surface area (Å²) in [4.78, 5) is 30.1. The number of hydrogen-bond donors (Lipinski definition) is 1. The molecule has 126 valence electrons. The molecule has 0 aliphatic rings. The topological polar surface area (TPSA) is 62.3 Å². The number of anilines is 1. The molecule has 8 heteroatoms. The van der Waals surface area contributed by atoms with Gasteiger partial charge in [-0.05, 0) is 30.7 Å². The standard InChI is InChI=1S/C16H15Cl2N3O2S/c1-9-14(15(23)21(2)3)24-16(19-9)20-13(22)7-5-10-4-6-11(17)8-12(10)18/h4-8H,1-3H3,(H,19,20,22)/b7-5+. The average molecular weight is 384 g/mol. The van der Waals surface area contributed by atoms with Crippen LogP contribution in [0.5, 0.6) is 0 Å². The molecule has 2 aromatic rings. The maximum Gasteiger partial charge on any atom is 0.265 e. The average Bonchev–Trinajstić information content (AvgIpc) is 2.85. The second-order valence-electron chi connectivity index (χ2n) is 5.12. The lowest BCUT2D eigenvalue weighted by Gasteiger charge is -2.07. The Bertz CT molecular complexity index is 816. The van der Waals surface area contributed by atoms with Crippen LogP contribution in [0.15, 0.2) is 24.3 Å². The van der Waals surface area contributed by atoms with E-state index in [9.17, 15) is 9.59 Å². The molecule has 0 unspecified atom stereocenters. The zero-order chi connectivity index (χ0) is 17.9. The van der Waals surface area contributed by atoms with Crippen molar-refractivity contribution in [1.29, 1.82) is 0 Å². The second-order valence-corrected chi connectivity index (χ2v) is 6.96. The summed E-state index contributed by atoms with van der Waals surface area (Å²) in [6.45, 7) is 1.73. The Morgan fingerprint density at radius 3 is 2.62 bits per heavy atom. The van der Waals surface area contributed by atoms with Crippen molar-refractivity contribution >= 4 is 57.6 Å². The van der Waals surface area contributed by atoms with Crippen LogP contribution in [0.2, 0.25) is 10.0 Å². The summed E-state index contributed by atoms with van der Waals surface area (Å²) in [5.41, 5.74) is 1.26. The highest BCUT2D eigenvalue weighted by Gasteiger charge is 2.17. The molecule has 0 aliphatic carbocycles. The molecular weight excluding hydrogens is 369 g/mol. The highest BCUT2D eigenvalue weighted by Crippen LogP contribution is 2.24. The predicted octanol–water partition coefficient (Wildman–Crippen LogP) is 4.11. The SMILES string of the molecule is Cc1nc(NC(=O)/C=C/c2ccc(Cl)cc2Cl)sc1C(=O)N(C)C. The Kier molecular flexibility index (Phi) is 5.99. The third-order valence-electron chi connectivity index (χ3n) is 3.00. The Morgan fingerprint density at radius 2 is 2.00 bits per heavy atom. The van der Waals surface area contributed by atoms with Crippen LogP contribution in [0.25, 0.3) is 6.08 Å². The molecule has 0 aliphatic heterocycles. The van der Waals surface area contributed by atoms with Crippen molar-refractivity contribution in [3.8, 4) is 0 Å². The number of amides is 2.